The van der Waals surface area contributed by atoms with Gasteiger partial charge in [0.15, 0.2) is 5.58 Å². The van der Waals surface area contributed by atoms with Gasteiger partial charge in [0, 0.05) is 18.1 Å². The average Bonchev–Trinajstić information content (AvgIpc) is 3.37. The minimum atomic E-state index is -0.117. The molecule has 0 saturated carbocycles. The predicted octanol–water partition coefficient (Wildman–Crippen LogP) is 3.42. The molecule has 0 aliphatic heterocycles. The van der Waals surface area contributed by atoms with Crippen molar-refractivity contribution >= 4 is 27.9 Å². The van der Waals surface area contributed by atoms with Crippen molar-refractivity contribution in [3.8, 4) is 5.82 Å². The molecule has 2 aromatic carbocycles. The summed E-state index contributed by atoms with van der Waals surface area (Å²) in [5, 5.41) is 7.77. The Hall–Kier alpha value is -4.00. The summed E-state index contributed by atoms with van der Waals surface area (Å²) in [6.45, 7) is 0.395. The lowest BCUT2D eigenvalue weighted by molar-refractivity contribution is -0.120. The number of benzene rings is 2. The molecule has 1 N–H and O–H groups in total. The van der Waals surface area contributed by atoms with Crippen molar-refractivity contribution in [2.45, 2.75) is 13.0 Å². The molecule has 0 fully saturated rings. The van der Waals surface area contributed by atoms with Gasteiger partial charge in [-0.25, -0.2) is 9.97 Å². The van der Waals surface area contributed by atoms with Crippen LogP contribution in [-0.4, -0.2) is 25.6 Å². The van der Waals surface area contributed by atoms with Crippen LogP contribution in [0, 0.1) is 0 Å². The fourth-order valence-corrected chi connectivity index (χ4v) is 3.29. The third-order valence-corrected chi connectivity index (χ3v) is 4.78. The van der Waals surface area contributed by atoms with Gasteiger partial charge in [-0.2, -0.15) is 0 Å². The third kappa shape index (κ3) is 3.34. The molecule has 142 valence electrons. The molecule has 7 nitrogen and oxygen atoms in total. The second-order valence-electron chi connectivity index (χ2n) is 6.71. The molecule has 0 aliphatic carbocycles. The van der Waals surface area contributed by atoms with Crippen LogP contribution in [-0.2, 0) is 17.8 Å². The number of hydrogen-bond acceptors (Lipinski definition) is 5. The van der Waals surface area contributed by atoms with Crippen LogP contribution in [0.3, 0.4) is 0 Å². The first kappa shape index (κ1) is 17.1. The minimum Gasteiger partial charge on any atom is -0.356 e. The molecule has 29 heavy (non-hydrogen) atoms. The number of rotatable bonds is 5. The Labute approximate surface area is 166 Å². The van der Waals surface area contributed by atoms with Crippen LogP contribution in [0.4, 0.5) is 0 Å². The maximum absolute atomic E-state index is 12.3. The van der Waals surface area contributed by atoms with Gasteiger partial charge in [-0.05, 0) is 35.9 Å². The van der Waals surface area contributed by atoms with Crippen LogP contribution in [0.15, 0.2) is 77.7 Å². The SMILES string of the molecule is O=C(Cc1noc2ccccc12)NCc1ccc(-n2cnc3ccccc32)nc1. The van der Waals surface area contributed by atoms with Gasteiger partial charge in [0.05, 0.1) is 17.5 Å². The molecule has 3 heterocycles. The van der Waals surface area contributed by atoms with E-state index in [1.54, 1.807) is 12.5 Å². The zero-order valence-corrected chi connectivity index (χ0v) is 15.4. The number of carbonyl (C=O) groups is 1. The summed E-state index contributed by atoms with van der Waals surface area (Å²) in [7, 11) is 0. The minimum absolute atomic E-state index is 0.117. The van der Waals surface area contributed by atoms with Crippen molar-refractivity contribution in [3.63, 3.8) is 0 Å². The van der Waals surface area contributed by atoms with E-state index in [1.807, 2.05) is 65.2 Å². The lowest BCUT2D eigenvalue weighted by Gasteiger charge is -2.07. The van der Waals surface area contributed by atoms with E-state index in [9.17, 15) is 4.79 Å². The van der Waals surface area contributed by atoms with Gasteiger partial charge in [-0.15, -0.1) is 0 Å². The highest BCUT2D eigenvalue weighted by atomic mass is 16.5. The van der Waals surface area contributed by atoms with Crippen LogP contribution in [0.2, 0.25) is 0 Å². The number of aromatic nitrogens is 4. The van der Waals surface area contributed by atoms with Crippen molar-refractivity contribution in [1.29, 1.82) is 0 Å². The van der Waals surface area contributed by atoms with E-state index < -0.39 is 0 Å². The molecule has 0 atom stereocenters. The molecular formula is C22H17N5O2. The summed E-state index contributed by atoms with van der Waals surface area (Å²) < 4.78 is 7.18. The van der Waals surface area contributed by atoms with Crippen LogP contribution in [0.25, 0.3) is 27.8 Å². The fourth-order valence-electron chi connectivity index (χ4n) is 3.29. The Kier molecular flexibility index (Phi) is 4.25. The maximum atomic E-state index is 12.3. The van der Waals surface area contributed by atoms with Crippen molar-refractivity contribution < 1.29 is 9.32 Å². The number of nitrogens with one attached hydrogen (secondary N) is 1. The maximum Gasteiger partial charge on any atom is 0.226 e. The van der Waals surface area contributed by atoms with E-state index in [2.05, 4.69) is 20.4 Å². The third-order valence-electron chi connectivity index (χ3n) is 4.78. The summed E-state index contributed by atoms with van der Waals surface area (Å²) in [6, 6.07) is 19.3. The molecule has 0 bridgehead atoms. The lowest BCUT2D eigenvalue weighted by Crippen LogP contribution is -2.24. The Morgan fingerprint density at radius 3 is 2.76 bits per heavy atom. The molecule has 0 aliphatic rings. The Balaban J connectivity index is 1.25. The van der Waals surface area contributed by atoms with Gasteiger partial charge in [0.25, 0.3) is 0 Å². The molecule has 5 rings (SSSR count). The van der Waals surface area contributed by atoms with Crippen LogP contribution >= 0.6 is 0 Å². The van der Waals surface area contributed by atoms with Crippen LogP contribution in [0.5, 0.6) is 0 Å². The summed E-state index contributed by atoms with van der Waals surface area (Å²) in [4.78, 5) is 21.2. The molecule has 0 spiro atoms. The molecule has 0 unspecified atom stereocenters. The first-order chi connectivity index (χ1) is 14.3. The highest BCUT2D eigenvalue weighted by molar-refractivity contribution is 5.86. The quantitative estimate of drug-likeness (QED) is 0.503. The van der Waals surface area contributed by atoms with Crippen molar-refractivity contribution in [1.82, 2.24) is 25.0 Å². The lowest BCUT2D eigenvalue weighted by atomic mass is 10.1. The summed E-state index contributed by atoms with van der Waals surface area (Å²) in [5.74, 6) is 0.663. The normalized spacial score (nSPS) is 11.2. The number of pyridine rings is 1. The summed E-state index contributed by atoms with van der Waals surface area (Å²) in [6.07, 6.45) is 3.69. The predicted molar refractivity (Wildman–Crippen MR) is 108 cm³/mol. The van der Waals surface area contributed by atoms with E-state index in [-0.39, 0.29) is 12.3 Å². The second kappa shape index (κ2) is 7.20. The Bertz CT molecular complexity index is 1300. The van der Waals surface area contributed by atoms with Crippen LogP contribution < -0.4 is 5.32 Å². The van der Waals surface area contributed by atoms with Crippen molar-refractivity contribution in [2.75, 3.05) is 0 Å². The van der Waals surface area contributed by atoms with Gasteiger partial charge < -0.3 is 9.84 Å². The second-order valence-corrected chi connectivity index (χ2v) is 6.71. The van der Waals surface area contributed by atoms with Crippen molar-refractivity contribution in [3.05, 3.63) is 84.4 Å². The highest BCUT2D eigenvalue weighted by Crippen LogP contribution is 2.18. The number of fused-ring (bicyclic) bond motifs is 2. The van der Waals surface area contributed by atoms with Gasteiger partial charge in [0.2, 0.25) is 5.91 Å². The summed E-state index contributed by atoms with van der Waals surface area (Å²) >= 11 is 0. The number of para-hydroxylation sites is 3. The zero-order chi connectivity index (χ0) is 19.6. The van der Waals surface area contributed by atoms with Gasteiger partial charge >= 0.3 is 0 Å². The Morgan fingerprint density at radius 2 is 1.86 bits per heavy atom. The topological polar surface area (TPSA) is 85.8 Å². The van der Waals surface area contributed by atoms with Crippen LogP contribution in [0.1, 0.15) is 11.3 Å². The standard InChI is InChI=1S/C22H17N5O2/c28-22(11-18-16-5-1-4-8-20(16)29-26-18)24-13-15-9-10-21(23-12-15)27-14-25-17-6-2-3-7-19(17)27/h1-10,12,14H,11,13H2,(H,24,28). The van der Waals surface area contributed by atoms with E-state index >= 15 is 0 Å². The molecule has 5 aromatic rings. The van der Waals surface area contributed by atoms with E-state index in [4.69, 9.17) is 4.52 Å². The number of imidazole rings is 1. The monoisotopic (exact) mass is 383 g/mol. The largest absolute Gasteiger partial charge is 0.356 e. The number of nitrogens with zero attached hydrogens (tertiary/aromatic N) is 4. The van der Waals surface area contributed by atoms with Gasteiger partial charge in [-0.3, -0.25) is 9.36 Å². The smallest absolute Gasteiger partial charge is 0.226 e. The first-order valence-electron chi connectivity index (χ1n) is 9.25. The molecule has 7 heteroatoms. The Morgan fingerprint density at radius 1 is 1.00 bits per heavy atom. The van der Waals surface area contributed by atoms with E-state index in [1.165, 1.54) is 0 Å². The zero-order valence-electron chi connectivity index (χ0n) is 15.4. The van der Waals surface area contributed by atoms with Gasteiger partial charge in [-0.1, -0.05) is 35.5 Å². The number of amides is 1. The van der Waals surface area contributed by atoms with Gasteiger partial charge in [0.1, 0.15) is 17.8 Å². The number of hydrogen-bond donors (Lipinski definition) is 1. The van der Waals surface area contributed by atoms with E-state index in [0.29, 0.717) is 17.8 Å². The summed E-state index contributed by atoms with van der Waals surface area (Å²) in [5.41, 5.74) is 4.16. The molecule has 1 amide bonds. The average molecular weight is 383 g/mol. The fraction of sp³-hybridized carbons (Fsp3) is 0.0909. The molecular weight excluding hydrogens is 366 g/mol. The number of carbonyl (C=O) groups excluding carboxylic acids is 1. The highest BCUT2D eigenvalue weighted by Gasteiger charge is 2.12. The van der Waals surface area contributed by atoms with Crippen molar-refractivity contribution in [2.24, 2.45) is 0 Å². The molecule has 3 aromatic heterocycles. The molecule has 0 radical (unpaired) electrons. The molecule has 0 saturated heterocycles. The van der Waals surface area contributed by atoms with E-state index in [0.717, 1.165) is 27.8 Å². The first-order valence-corrected chi connectivity index (χ1v) is 9.25.